The lowest BCUT2D eigenvalue weighted by atomic mass is 10.1. The molecule has 0 saturated carbocycles. The molecule has 4 nitrogen and oxygen atoms in total. The van der Waals surface area contributed by atoms with Gasteiger partial charge in [-0.25, -0.2) is 0 Å². The predicted molar refractivity (Wildman–Crippen MR) is 84.8 cm³/mol. The molecular weight excluding hydrogens is 334 g/mol. The zero-order valence-electron chi connectivity index (χ0n) is 11.4. The van der Waals surface area contributed by atoms with E-state index in [2.05, 4.69) is 21.2 Å². The van der Waals surface area contributed by atoms with Crippen LogP contribution >= 0.6 is 15.9 Å². The minimum atomic E-state index is 0.0649. The van der Waals surface area contributed by atoms with Crippen LogP contribution in [-0.4, -0.2) is 18.3 Å². The number of aliphatic hydroxyl groups is 1. The third-order valence-electron chi connectivity index (χ3n) is 3.29. The molecule has 1 aliphatic heterocycles. The van der Waals surface area contributed by atoms with Crippen LogP contribution in [0.4, 0.5) is 5.69 Å². The van der Waals surface area contributed by atoms with Gasteiger partial charge >= 0.3 is 0 Å². The van der Waals surface area contributed by atoms with Crippen LogP contribution in [0.5, 0.6) is 11.5 Å². The summed E-state index contributed by atoms with van der Waals surface area (Å²) in [6.45, 7) is 1.92. The van der Waals surface area contributed by atoms with Crippen molar-refractivity contribution >= 4 is 21.6 Å². The van der Waals surface area contributed by atoms with Crippen molar-refractivity contribution in [3.63, 3.8) is 0 Å². The Bertz CT molecular complexity index is 628. The van der Waals surface area contributed by atoms with Gasteiger partial charge in [0.05, 0.1) is 11.1 Å². The fourth-order valence-corrected chi connectivity index (χ4v) is 2.80. The average Bonchev–Trinajstić information content (AvgIpc) is 2.53. The maximum atomic E-state index is 9.03. The van der Waals surface area contributed by atoms with Crippen molar-refractivity contribution in [3.05, 3.63) is 52.0 Å². The van der Waals surface area contributed by atoms with Crippen molar-refractivity contribution in [3.8, 4) is 11.5 Å². The number of aliphatic hydroxyl groups excluding tert-OH is 1. The molecule has 0 saturated heterocycles. The topological polar surface area (TPSA) is 50.7 Å². The standard InChI is InChI=1S/C16H16BrNO3/c17-14-7-12(8-15-16(14)21-6-5-20-15)9-18-13-3-1-11(10-19)2-4-13/h1-4,7-8,18-19H,5-6,9-10H2. The van der Waals surface area contributed by atoms with E-state index in [1.54, 1.807) is 0 Å². The highest BCUT2D eigenvalue weighted by Gasteiger charge is 2.16. The summed E-state index contributed by atoms with van der Waals surface area (Å²) in [5.41, 5.74) is 3.03. The van der Waals surface area contributed by atoms with E-state index >= 15 is 0 Å². The van der Waals surface area contributed by atoms with Gasteiger partial charge in [0.15, 0.2) is 11.5 Å². The van der Waals surface area contributed by atoms with Gasteiger partial charge < -0.3 is 19.9 Å². The van der Waals surface area contributed by atoms with E-state index in [0.717, 1.165) is 32.8 Å². The lowest BCUT2D eigenvalue weighted by Crippen LogP contribution is -2.16. The van der Waals surface area contributed by atoms with Gasteiger partial charge in [-0.15, -0.1) is 0 Å². The maximum Gasteiger partial charge on any atom is 0.175 e. The van der Waals surface area contributed by atoms with Crippen molar-refractivity contribution in [1.29, 1.82) is 0 Å². The Labute approximate surface area is 131 Å². The normalized spacial score (nSPS) is 13.0. The number of hydrogen-bond acceptors (Lipinski definition) is 4. The molecule has 0 atom stereocenters. The van der Waals surface area contributed by atoms with Crippen LogP contribution in [0.3, 0.4) is 0 Å². The molecule has 1 heterocycles. The van der Waals surface area contributed by atoms with Crippen LogP contribution in [-0.2, 0) is 13.2 Å². The summed E-state index contributed by atoms with van der Waals surface area (Å²) in [4.78, 5) is 0. The maximum absolute atomic E-state index is 9.03. The van der Waals surface area contributed by atoms with Crippen LogP contribution in [0.2, 0.25) is 0 Å². The number of nitrogens with one attached hydrogen (secondary N) is 1. The van der Waals surface area contributed by atoms with Crippen LogP contribution in [0.1, 0.15) is 11.1 Å². The predicted octanol–water partition coefficient (Wildman–Crippen LogP) is 3.32. The molecule has 0 aliphatic carbocycles. The monoisotopic (exact) mass is 349 g/mol. The van der Waals surface area contributed by atoms with Gasteiger partial charge in [-0.2, -0.15) is 0 Å². The van der Waals surface area contributed by atoms with Crippen LogP contribution in [0.15, 0.2) is 40.9 Å². The highest BCUT2D eigenvalue weighted by atomic mass is 79.9. The second kappa shape index (κ2) is 6.37. The highest BCUT2D eigenvalue weighted by Crippen LogP contribution is 2.38. The Kier molecular flexibility index (Phi) is 4.31. The lowest BCUT2D eigenvalue weighted by molar-refractivity contribution is 0.170. The van der Waals surface area contributed by atoms with Gasteiger partial charge in [0.1, 0.15) is 13.2 Å². The molecule has 0 aromatic heterocycles. The van der Waals surface area contributed by atoms with Crippen molar-refractivity contribution in [1.82, 2.24) is 0 Å². The Morgan fingerprint density at radius 2 is 1.81 bits per heavy atom. The first-order valence-electron chi connectivity index (χ1n) is 6.78. The second-order valence-electron chi connectivity index (χ2n) is 4.81. The molecule has 0 amide bonds. The molecule has 1 aliphatic rings. The van der Waals surface area contributed by atoms with Gasteiger partial charge in [-0.1, -0.05) is 12.1 Å². The SMILES string of the molecule is OCc1ccc(NCc2cc(Br)c3c(c2)OCCO3)cc1. The Hall–Kier alpha value is -1.72. The summed E-state index contributed by atoms with van der Waals surface area (Å²) in [5.74, 6) is 1.56. The molecule has 2 aromatic rings. The van der Waals surface area contributed by atoms with E-state index in [4.69, 9.17) is 14.6 Å². The fourth-order valence-electron chi connectivity index (χ4n) is 2.20. The number of anilines is 1. The van der Waals surface area contributed by atoms with E-state index < -0.39 is 0 Å². The van der Waals surface area contributed by atoms with Crippen LogP contribution in [0.25, 0.3) is 0 Å². The van der Waals surface area contributed by atoms with Crippen LogP contribution < -0.4 is 14.8 Å². The van der Waals surface area contributed by atoms with Gasteiger partial charge in [0, 0.05) is 12.2 Å². The quantitative estimate of drug-likeness (QED) is 0.888. The zero-order chi connectivity index (χ0) is 14.7. The Balaban J connectivity index is 1.71. The number of rotatable bonds is 4. The Morgan fingerprint density at radius 1 is 1.05 bits per heavy atom. The molecular formula is C16H16BrNO3. The van der Waals surface area contributed by atoms with E-state index in [9.17, 15) is 0 Å². The molecule has 0 bridgehead atoms. The fraction of sp³-hybridized carbons (Fsp3) is 0.250. The van der Waals surface area contributed by atoms with Gasteiger partial charge in [-0.05, 0) is 51.3 Å². The minimum Gasteiger partial charge on any atom is -0.486 e. The first kappa shape index (κ1) is 14.2. The summed E-state index contributed by atoms with van der Waals surface area (Å²) in [5, 5.41) is 12.4. The molecule has 0 unspecified atom stereocenters. The van der Waals surface area contributed by atoms with Gasteiger partial charge in [0.2, 0.25) is 0 Å². The number of benzene rings is 2. The average molecular weight is 350 g/mol. The van der Waals surface area contributed by atoms with E-state index in [-0.39, 0.29) is 6.61 Å². The number of fused-ring (bicyclic) bond motifs is 1. The lowest BCUT2D eigenvalue weighted by Gasteiger charge is -2.20. The molecule has 110 valence electrons. The van der Waals surface area contributed by atoms with Crippen LogP contribution in [0, 0.1) is 0 Å². The van der Waals surface area contributed by atoms with E-state index in [1.807, 2.05) is 36.4 Å². The third-order valence-corrected chi connectivity index (χ3v) is 3.88. The number of halogens is 1. The first-order valence-corrected chi connectivity index (χ1v) is 7.57. The molecule has 3 rings (SSSR count). The number of hydrogen-bond donors (Lipinski definition) is 2. The van der Waals surface area contributed by atoms with Crippen molar-refractivity contribution in [2.75, 3.05) is 18.5 Å². The molecule has 2 N–H and O–H groups in total. The zero-order valence-corrected chi connectivity index (χ0v) is 13.0. The van der Waals surface area contributed by atoms with E-state index in [1.165, 1.54) is 0 Å². The molecule has 0 fully saturated rings. The van der Waals surface area contributed by atoms with Crippen molar-refractivity contribution in [2.45, 2.75) is 13.2 Å². The molecule has 0 radical (unpaired) electrons. The molecule has 0 spiro atoms. The third kappa shape index (κ3) is 3.31. The van der Waals surface area contributed by atoms with Gasteiger partial charge in [0.25, 0.3) is 0 Å². The molecule has 5 heteroatoms. The van der Waals surface area contributed by atoms with Crippen molar-refractivity contribution in [2.24, 2.45) is 0 Å². The smallest absolute Gasteiger partial charge is 0.175 e. The minimum absolute atomic E-state index is 0.0649. The summed E-state index contributed by atoms with van der Waals surface area (Å²) >= 11 is 3.52. The molecule has 21 heavy (non-hydrogen) atoms. The summed E-state index contributed by atoms with van der Waals surface area (Å²) in [6.07, 6.45) is 0. The summed E-state index contributed by atoms with van der Waals surface area (Å²) in [6, 6.07) is 11.7. The largest absolute Gasteiger partial charge is 0.486 e. The van der Waals surface area contributed by atoms with Gasteiger partial charge in [-0.3, -0.25) is 0 Å². The highest BCUT2D eigenvalue weighted by molar-refractivity contribution is 9.10. The molecule has 2 aromatic carbocycles. The second-order valence-corrected chi connectivity index (χ2v) is 5.66. The van der Waals surface area contributed by atoms with E-state index in [0.29, 0.717) is 19.8 Å². The first-order chi connectivity index (χ1) is 10.3. The Morgan fingerprint density at radius 3 is 2.57 bits per heavy atom. The summed E-state index contributed by atoms with van der Waals surface area (Å²) in [7, 11) is 0. The van der Waals surface area contributed by atoms with Crippen molar-refractivity contribution < 1.29 is 14.6 Å². The summed E-state index contributed by atoms with van der Waals surface area (Å²) < 4.78 is 12.1. The number of ether oxygens (including phenoxy) is 2.